The molecule has 0 spiro atoms. The van der Waals surface area contributed by atoms with Gasteiger partial charge in [-0.2, -0.15) is 0 Å². The van der Waals surface area contributed by atoms with Crippen LogP contribution in [0.1, 0.15) is 12.8 Å². The molecule has 0 amide bonds. The van der Waals surface area contributed by atoms with Crippen molar-refractivity contribution in [2.45, 2.75) is 17.2 Å². The van der Waals surface area contributed by atoms with Gasteiger partial charge in [-0.25, -0.2) is 0 Å². The summed E-state index contributed by atoms with van der Waals surface area (Å²) in [6.45, 7) is 0. The minimum Gasteiger partial charge on any atom is -0.411 e. The molecule has 0 aromatic heterocycles. The van der Waals surface area contributed by atoms with Gasteiger partial charge in [0.25, 0.3) is 0 Å². The molecule has 0 aromatic rings. The van der Waals surface area contributed by atoms with E-state index in [-0.39, 0.29) is 0 Å². The maximum atomic E-state index is 8.14. The van der Waals surface area contributed by atoms with Gasteiger partial charge in [0.15, 0.2) is 4.33 Å². The Balaban J connectivity index is 2.63. The molecular formula is C4H5Cl2NO. The Morgan fingerprint density at radius 1 is 1.62 bits per heavy atom. The number of alkyl halides is 2. The van der Waals surface area contributed by atoms with E-state index >= 15 is 0 Å². The van der Waals surface area contributed by atoms with Gasteiger partial charge in [-0.1, -0.05) is 28.4 Å². The van der Waals surface area contributed by atoms with Crippen molar-refractivity contribution in [1.29, 1.82) is 0 Å². The highest BCUT2D eigenvalue weighted by molar-refractivity contribution is 6.60. The highest BCUT2D eigenvalue weighted by Crippen LogP contribution is 2.39. The second-order valence-corrected chi connectivity index (χ2v) is 3.24. The van der Waals surface area contributed by atoms with E-state index in [2.05, 4.69) is 5.16 Å². The van der Waals surface area contributed by atoms with E-state index in [0.717, 1.165) is 0 Å². The molecule has 1 aliphatic carbocycles. The molecule has 1 aliphatic rings. The highest BCUT2D eigenvalue weighted by Gasteiger charge is 2.40. The number of nitrogens with zero attached hydrogens (tertiary/aromatic N) is 1. The average Bonchev–Trinajstić information content (AvgIpc) is 1.66. The molecular weight excluding hydrogens is 149 g/mol. The normalized spacial score (nSPS) is 30.0. The summed E-state index contributed by atoms with van der Waals surface area (Å²) in [7, 11) is 0. The fourth-order valence-corrected chi connectivity index (χ4v) is 1.00. The van der Waals surface area contributed by atoms with E-state index in [1.807, 2.05) is 0 Å². The summed E-state index contributed by atoms with van der Waals surface area (Å²) in [5.41, 5.74) is 0.473. The third kappa shape index (κ3) is 0.782. The zero-order chi connectivity index (χ0) is 6.20. The van der Waals surface area contributed by atoms with Crippen molar-refractivity contribution in [1.82, 2.24) is 0 Å². The van der Waals surface area contributed by atoms with Gasteiger partial charge in [-0.15, -0.1) is 0 Å². The first-order valence-electron chi connectivity index (χ1n) is 2.26. The lowest BCUT2D eigenvalue weighted by Crippen LogP contribution is -2.36. The number of halogens is 2. The van der Waals surface area contributed by atoms with E-state index in [1.165, 1.54) is 0 Å². The molecule has 1 N–H and O–H groups in total. The van der Waals surface area contributed by atoms with Gasteiger partial charge in [0.05, 0.1) is 5.71 Å². The molecule has 8 heavy (non-hydrogen) atoms. The first-order chi connectivity index (χ1) is 3.67. The van der Waals surface area contributed by atoms with Crippen LogP contribution in [0.4, 0.5) is 0 Å². The SMILES string of the molecule is ON=C1CCC1(Cl)Cl. The van der Waals surface area contributed by atoms with E-state index in [1.54, 1.807) is 0 Å². The van der Waals surface area contributed by atoms with Gasteiger partial charge in [0.1, 0.15) is 0 Å². The molecule has 0 aliphatic heterocycles. The van der Waals surface area contributed by atoms with Crippen LogP contribution in [-0.2, 0) is 0 Å². The molecule has 0 aromatic carbocycles. The summed E-state index contributed by atoms with van der Waals surface area (Å²) < 4.78 is -0.866. The van der Waals surface area contributed by atoms with Crippen molar-refractivity contribution in [3.05, 3.63) is 0 Å². The van der Waals surface area contributed by atoms with Crippen LogP contribution in [0.5, 0.6) is 0 Å². The summed E-state index contributed by atoms with van der Waals surface area (Å²) in [6.07, 6.45) is 1.40. The van der Waals surface area contributed by atoms with Crippen LogP contribution in [-0.4, -0.2) is 15.3 Å². The molecule has 0 atom stereocenters. The Kier molecular flexibility index (Phi) is 1.37. The minimum atomic E-state index is -0.866. The van der Waals surface area contributed by atoms with Crippen molar-refractivity contribution >= 4 is 28.9 Å². The minimum absolute atomic E-state index is 0.473. The summed E-state index contributed by atoms with van der Waals surface area (Å²) >= 11 is 11.1. The molecule has 0 unspecified atom stereocenters. The number of rotatable bonds is 0. The van der Waals surface area contributed by atoms with Crippen molar-refractivity contribution < 1.29 is 5.21 Å². The first kappa shape index (κ1) is 6.17. The van der Waals surface area contributed by atoms with Crippen molar-refractivity contribution in [2.24, 2.45) is 5.16 Å². The summed E-state index contributed by atoms with van der Waals surface area (Å²) in [4.78, 5) is 0. The van der Waals surface area contributed by atoms with Crippen LogP contribution in [0.15, 0.2) is 5.16 Å². The lowest BCUT2D eigenvalue weighted by Gasteiger charge is -2.29. The molecule has 46 valence electrons. The predicted octanol–water partition coefficient (Wildman–Crippen LogP) is 1.78. The molecule has 0 bridgehead atoms. The molecule has 0 saturated heterocycles. The largest absolute Gasteiger partial charge is 0.411 e. The van der Waals surface area contributed by atoms with E-state index in [0.29, 0.717) is 18.6 Å². The van der Waals surface area contributed by atoms with E-state index in [9.17, 15) is 0 Å². The van der Waals surface area contributed by atoms with Crippen LogP contribution in [0, 0.1) is 0 Å². The van der Waals surface area contributed by atoms with Crippen LogP contribution in [0.25, 0.3) is 0 Å². The van der Waals surface area contributed by atoms with Crippen LogP contribution >= 0.6 is 23.2 Å². The maximum absolute atomic E-state index is 8.14. The predicted molar refractivity (Wildman–Crippen MR) is 32.9 cm³/mol. The third-order valence-corrected chi connectivity index (χ3v) is 2.03. The molecule has 1 saturated carbocycles. The van der Waals surface area contributed by atoms with Gasteiger partial charge in [-0.3, -0.25) is 0 Å². The van der Waals surface area contributed by atoms with E-state index in [4.69, 9.17) is 28.4 Å². The van der Waals surface area contributed by atoms with Gasteiger partial charge >= 0.3 is 0 Å². The Hall–Kier alpha value is 0.0500. The third-order valence-electron chi connectivity index (χ3n) is 1.22. The number of hydrogen-bond donors (Lipinski definition) is 1. The Morgan fingerprint density at radius 2 is 2.25 bits per heavy atom. The van der Waals surface area contributed by atoms with Crippen molar-refractivity contribution in [2.75, 3.05) is 0 Å². The van der Waals surface area contributed by atoms with Crippen molar-refractivity contribution in [3.8, 4) is 0 Å². The topological polar surface area (TPSA) is 32.6 Å². The lowest BCUT2D eigenvalue weighted by atomic mass is 9.96. The fourth-order valence-electron chi connectivity index (χ4n) is 0.549. The average molecular weight is 154 g/mol. The second-order valence-electron chi connectivity index (χ2n) is 1.75. The highest BCUT2D eigenvalue weighted by atomic mass is 35.5. The molecule has 2 nitrogen and oxygen atoms in total. The van der Waals surface area contributed by atoms with Crippen LogP contribution in [0.3, 0.4) is 0 Å². The zero-order valence-electron chi connectivity index (χ0n) is 4.06. The zero-order valence-corrected chi connectivity index (χ0v) is 5.58. The second kappa shape index (κ2) is 1.78. The molecule has 4 heteroatoms. The van der Waals surface area contributed by atoms with Gasteiger partial charge in [0.2, 0.25) is 0 Å². The van der Waals surface area contributed by atoms with Gasteiger partial charge in [0, 0.05) is 0 Å². The van der Waals surface area contributed by atoms with Crippen molar-refractivity contribution in [3.63, 3.8) is 0 Å². The molecule has 0 heterocycles. The first-order valence-corrected chi connectivity index (χ1v) is 3.01. The molecule has 0 radical (unpaired) electrons. The number of oxime groups is 1. The Labute approximate surface area is 57.1 Å². The van der Waals surface area contributed by atoms with Crippen LogP contribution < -0.4 is 0 Å². The van der Waals surface area contributed by atoms with Gasteiger partial charge in [-0.05, 0) is 12.8 Å². The number of hydrogen-bond acceptors (Lipinski definition) is 2. The fraction of sp³-hybridized carbons (Fsp3) is 0.750. The molecule has 1 rings (SSSR count). The molecule has 1 fully saturated rings. The summed E-state index contributed by atoms with van der Waals surface area (Å²) in [5.74, 6) is 0. The summed E-state index contributed by atoms with van der Waals surface area (Å²) in [5, 5.41) is 11.0. The smallest absolute Gasteiger partial charge is 0.159 e. The lowest BCUT2D eigenvalue weighted by molar-refractivity contribution is 0.312. The summed E-state index contributed by atoms with van der Waals surface area (Å²) in [6, 6.07) is 0. The van der Waals surface area contributed by atoms with Gasteiger partial charge < -0.3 is 5.21 Å². The quantitative estimate of drug-likeness (QED) is 0.322. The standard InChI is InChI=1S/C4H5Cl2NO/c5-4(6)2-1-3(4)7-8/h8H,1-2H2. The Morgan fingerprint density at radius 3 is 2.25 bits per heavy atom. The monoisotopic (exact) mass is 153 g/mol. The van der Waals surface area contributed by atoms with Crippen LogP contribution in [0.2, 0.25) is 0 Å². The Bertz CT molecular complexity index is 132. The van der Waals surface area contributed by atoms with E-state index < -0.39 is 4.33 Å². The maximum Gasteiger partial charge on any atom is 0.159 e.